The van der Waals surface area contributed by atoms with Gasteiger partial charge in [-0.25, -0.2) is 0 Å². The summed E-state index contributed by atoms with van der Waals surface area (Å²) in [4.78, 5) is 0. The summed E-state index contributed by atoms with van der Waals surface area (Å²) in [5, 5.41) is 0. The predicted octanol–water partition coefficient (Wildman–Crippen LogP) is 3.10. The minimum absolute atomic E-state index is 0.502. The maximum Gasteiger partial charge on any atom is 0.122 e. The van der Waals surface area contributed by atoms with Crippen LogP contribution in [0.5, 0.6) is 5.75 Å². The van der Waals surface area contributed by atoms with Crippen molar-refractivity contribution in [2.24, 2.45) is 11.7 Å². The molecule has 1 aliphatic rings. The molecule has 2 rings (SSSR count). The summed E-state index contributed by atoms with van der Waals surface area (Å²) in [5.41, 5.74) is 8.23. The van der Waals surface area contributed by atoms with Crippen LogP contribution in [0, 0.1) is 5.92 Å². The molecule has 1 fully saturated rings. The predicted molar refractivity (Wildman–Crippen MR) is 71.5 cm³/mol. The second kappa shape index (κ2) is 5.54. The van der Waals surface area contributed by atoms with E-state index in [0.717, 1.165) is 24.7 Å². The van der Waals surface area contributed by atoms with Crippen LogP contribution in [-0.4, -0.2) is 13.2 Å². The first-order chi connectivity index (χ1) is 8.20. The largest absolute Gasteiger partial charge is 0.493 e. The fraction of sp³-hybridized carbons (Fsp3) is 0.600. The third-order valence-electron chi connectivity index (χ3n) is 3.30. The van der Waals surface area contributed by atoms with Crippen molar-refractivity contribution < 1.29 is 4.74 Å². The minimum Gasteiger partial charge on any atom is -0.493 e. The summed E-state index contributed by atoms with van der Waals surface area (Å²) in [6.07, 6.45) is 3.62. The summed E-state index contributed by atoms with van der Waals surface area (Å²) in [5.74, 6) is 2.37. The lowest BCUT2D eigenvalue weighted by Crippen LogP contribution is -2.06. The summed E-state index contributed by atoms with van der Waals surface area (Å²) in [6.45, 7) is 6.02. The molecule has 17 heavy (non-hydrogen) atoms. The summed E-state index contributed by atoms with van der Waals surface area (Å²) in [6, 6.07) is 6.50. The highest BCUT2D eigenvalue weighted by Crippen LogP contribution is 2.32. The zero-order valence-electron chi connectivity index (χ0n) is 10.9. The summed E-state index contributed by atoms with van der Waals surface area (Å²) in [7, 11) is 0. The van der Waals surface area contributed by atoms with Crippen molar-refractivity contribution in [1.29, 1.82) is 0 Å². The van der Waals surface area contributed by atoms with Crippen molar-refractivity contribution in [2.45, 2.75) is 39.0 Å². The molecule has 0 bridgehead atoms. The van der Waals surface area contributed by atoms with Gasteiger partial charge in [-0.05, 0) is 54.8 Å². The molecule has 0 aromatic heterocycles. The number of hydrogen-bond acceptors (Lipinski definition) is 2. The van der Waals surface area contributed by atoms with E-state index in [0.29, 0.717) is 12.5 Å². The molecule has 0 spiro atoms. The van der Waals surface area contributed by atoms with Gasteiger partial charge in [-0.3, -0.25) is 0 Å². The van der Waals surface area contributed by atoms with Gasteiger partial charge in [-0.1, -0.05) is 26.0 Å². The van der Waals surface area contributed by atoms with Crippen LogP contribution in [-0.2, 0) is 6.42 Å². The molecule has 2 heteroatoms. The number of rotatable bonds is 6. The van der Waals surface area contributed by atoms with E-state index in [4.69, 9.17) is 10.5 Å². The highest BCUT2D eigenvalue weighted by molar-refractivity contribution is 5.39. The SMILES string of the molecule is CC(C)c1cc(CCN)ccc1OCC1CC1. The first-order valence-corrected chi connectivity index (χ1v) is 6.66. The van der Waals surface area contributed by atoms with Gasteiger partial charge in [0.25, 0.3) is 0 Å². The van der Waals surface area contributed by atoms with Gasteiger partial charge in [-0.2, -0.15) is 0 Å². The highest BCUT2D eigenvalue weighted by Gasteiger charge is 2.22. The fourth-order valence-electron chi connectivity index (χ4n) is 1.99. The van der Waals surface area contributed by atoms with Crippen LogP contribution < -0.4 is 10.5 Å². The lowest BCUT2D eigenvalue weighted by atomic mass is 9.98. The smallest absolute Gasteiger partial charge is 0.122 e. The molecule has 2 nitrogen and oxygen atoms in total. The Balaban J connectivity index is 2.11. The molecule has 2 N–H and O–H groups in total. The molecule has 1 aromatic rings. The van der Waals surface area contributed by atoms with Crippen LogP contribution in [0.1, 0.15) is 43.7 Å². The second-order valence-electron chi connectivity index (χ2n) is 5.32. The van der Waals surface area contributed by atoms with E-state index < -0.39 is 0 Å². The van der Waals surface area contributed by atoms with Crippen LogP contribution in [0.3, 0.4) is 0 Å². The molecule has 1 aromatic carbocycles. The third kappa shape index (κ3) is 3.47. The molecule has 0 saturated heterocycles. The first kappa shape index (κ1) is 12.4. The van der Waals surface area contributed by atoms with Crippen molar-refractivity contribution in [3.05, 3.63) is 29.3 Å². The Morgan fingerprint density at radius 2 is 2.12 bits per heavy atom. The average Bonchev–Trinajstić information content (AvgIpc) is 3.11. The van der Waals surface area contributed by atoms with Gasteiger partial charge in [0.05, 0.1) is 6.61 Å². The Morgan fingerprint density at radius 1 is 1.35 bits per heavy atom. The van der Waals surface area contributed by atoms with Crippen molar-refractivity contribution in [1.82, 2.24) is 0 Å². The molecule has 0 aliphatic heterocycles. The molecule has 0 amide bonds. The van der Waals surface area contributed by atoms with Crippen molar-refractivity contribution in [3.8, 4) is 5.75 Å². The van der Waals surface area contributed by atoms with E-state index in [2.05, 4.69) is 32.0 Å². The number of benzene rings is 1. The zero-order valence-corrected chi connectivity index (χ0v) is 10.9. The Bertz CT molecular complexity index is 369. The zero-order chi connectivity index (χ0) is 12.3. The van der Waals surface area contributed by atoms with Gasteiger partial charge in [0, 0.05) is 0 Å². The molecule has 94 valence electrons. The monoisotopic (exact) mass is 233 g/mol. The Kier molecular flexibility index (Phi) is 4.06. The number of hydrogen-bond donors (Lipinski definition) is 1. The van der Waals surface area contributed by atoms with Crippen LogP contribution in [0.15, 0.2) is 18.2 Å². The van der Waals surface area contributed by atoms with Crippen LogP contribution in [0.25, 0.3) is 0 Å². The molecule has 1 saturated carbocycles. The fourth-order valence-corrected chi connectivity index (χ4v) is 1.99. The van der Waals surface area contributed by atoms with E-state index in [1.807, 2.05) is 0 Å². The second-order valence-corrected chi connectivity index (χ2v) is 5.32. The van der Waals surface area contributed by atoms with E-state index in [-0.39, 0.29) is 0 Å². The standard InChI is InChI=1S/C15H23NO/c1-11(2)14-9-12(7-8-16)5-6-15(14)17-10-13-3-4-13/h5-6,9,11,13H,3-4,7-8,10,16H2,1-2H3. The van der Waals surface area contributed by atoms with Crippen molar-refractivity contribution >= 4 is 0 Å². The van der Waals surface area contributed by atoms with E-state index in [1.165, 1.54) is 24.0 Å². The van der Waals surface area contributed by atoms with E-state index >= 15 is 0 Å². The van der Waals surface area contributed by atoms with Gasteiger partial charge in [0.2, 0.25) is 0 Å². The molecule has 0 atom stereocenters. The summed E-state index contributed by atoms with van der Waals surface area (Å²) >= 11 is 0. The van der Waals surface area contributed by atoms with Gasteiger partial charge in [0.15, 0.2) is 0 Å². The molecular formula is C15H23NO. The molecule has 0 radical (unpaired) electrons. The lowest BCUT2D eigenvalue weighted by molar-refractivity contribution is 0.295. The van der Waals surface area contributed by atoms with Crippen LogP contribution in [0.4, 0.5) is 0 Å². The first-order valence-electron chi connectivity index (χ1n) is 6.66. The van der Waals surface area contributed by atoms with Crippen molar-refractivity contribution in [3.63, 3.8) is 0 Å². The number of nitrogens with two attached hydrogens (primary N) is 1. The maximum absolute atomic E-state index is 5.92. The van der Waals surface area contributed by atoms with Crippen LogP contribution in [0.2, 0.25) is 0 Å². The van der Waals surface area contributed by atoms with Gasteiger partial charge in [0.1, 0.15) is 5.75 Å². The van der Waals surface area contributed by atoms with E-state index in [1.54, 1.807) is 0 Å². The molecular weight excluding hydrogens is 210 g/mol. The van der Waals surface area contributed by atoms with Gasteiger partial charge in [-0.15, -0.1) is 0 Å². The van der Waals surface area contributed by atoms with Gasteiger partial charge >= 0.3 is 0 Å². The quantitative estimate of drug-likeness (QED) is 0.819. The lowest BCUT2D eigenvalue weighted by Gasteiger charge is -2.15. The maximum atomic E-state index is 5.92. The van der Waals surface area contributed by atoms with E-state index in [9.17, 15) is 0 Å². The summed E-state index contributed by atoms with van der Waals surface area (Å²) < 4.78 is 5.92. The van der Waals surface area contributed by atoms with Crippen molar-refractivity contribution in [2.75, 3.05) is 13.2 Å². The number of ether oxygens (including phenoxy) is 1. The highest BCUT2D eigenvalue weighted by atomic mass is 16.5. The molecule has 1 aliphatic carbocycles. The molecule has 0 unspecified atom stereocenters. The molecule has 0 heterocycles. The Labute approximate surface area is 104 Å². The van der Waals surface area contributed by atoms with Crippen LogP contribution >= 0.6 is 0 Å². The topological polar surface area (TPSA) is 35.2 Å². The average molecular weight is 233 g/mol. The third-order valence-corrected chi connectivity index (χ3v) is 3.30. The Hall–Kier alpha value is -1.02. The Morgan fingerprint density at radius 3 is 2.71 bits per heavy atom. The van der Waals surface area contributed by atoms with Gasteiger partial charge < -0.3 is 10.5 Å². The normalized spacial score (nSPS) is 15.3. The minimum atomic E-state index is 0.502.